The summed E-state index contributed by atoms with van der Waals surface area (Å²) in [6, 6.07) is 16.4. The lowest BCUT2D eigenvalue weighted by Gasteiger charge is -2.21. The molecular weight excluding hydrogens is 425 g/mol. The summed E-state index contributed by atoms with van der Waals surface area (Å²) in [7, 11) is 0. The van der Waals surface area contributed by atoms with Gasteiger partial charge >= 0.3 is 6.03 Å². The predicted octanol–water partition coefficient (Wildman–Crippen LogP) is 4.93. The predicted molar refractivity (Wildman–Crippen MR) is 112 cm³/mol. The third-order valence-electron chi connectivity index (χ3n) is 4.42. The van der Waals surface area contributed by atoms with Gasteiger partial charge in [0.2, 0.25) is 0 Å². The standard InChI is InChI=1S/C20H15BrFN5O/c21-12-6-9-17(15(22)10-12)27(20(24)28)13-7-4-11(5-8-13)14-2-1-3-16-18(14)19(23)26-25-16/h1-10H,(H2,24,28)(H3,23,25,26). The van der Waals surface area contributed by atoms with Gasteiger partial charge in [-0.15, -0.1) is 0 Å². The van der Waals surface area contributed by atoms with E-state index < -0.39 is 11.8 Å². The molecule has 0 spiro atoms. The number of hydrogen-bond acceptors (Lipinski definition) is 3. The van der Waals surface area contributed by atoms with Gasteiger partial charge in [0.05, 0.1) is 22.3 Å². The maximum atomic E-state index is 14.4. The third kappa shape index (κ3) is 3.07. The molecule has 1 heterocycles. The number of urea groups is 1. The number of rotatable bonds is 3. The van der Waals surface area contributed by atoms with Crippen molar-refractivity contribution in [2.75, 3.05) is 10.6 Å². The molecular formula is C20H15BrFN5O. The molecule has 0 saturated carbocycles. The molecule has 140 valence electrons. The van der Waals surface area contributed by atoms with Crippen molar-refractivity contribution in [3.63, 3.8) is 0 Å². The van der Waals surface area contributed by atoms with Gasteiger partial charge in [-0.2, -0.15) is 5.10 Å². The minimum atomic E-state index is -0.782. The second-order valence-corrected chi connectivity index (χ2v) is 7.07. The van der Waals surface area contributed by atoms with E-state index in [-0.39, 0.29) is 5.69 Å². The molecule has 0 aliphatic carbocycles. The Balaban J connectivity index is 1.77. The Kier molecular flexibility index (Phi) is 4.48. The van der Waals surface area contributed by atoms with E-state index in [2.05, 4.69) is 26.1 Å². The molecule has 3 aromatic carbocycles. The number of aromatic nitrogens is 2. The summed E-state index contributed by atoms with van der Waals surface area (Å²) in [6.45, 7) is 0. The SMILES string of the molecule is NC(=O)N(c1ccc(-c2cccc3[nH]nc(N)c23)cc1)c1ccc(Br)cc1F. The van der Waals surface area contributed by atoms with Crippen LogP contribution in [-0.4, -0.2) is 16.2 Å². The average molecular weight is 440 g/mol. The zero-order valence-corrected chi connectivity index (χ0v) is 16.1. The second-order valence-electron chi connectivity index (χ2n) is 6.15. The lowest BCUT2D eigenvalue weighted by Crippen LogP contribution is -2.32. The molecule has 1 aromatic heterocycles. The van der Waals surface area contributed by atoms with E-state index in [0.717, 1.165) is 26.9 Å². The number of hydrogen-bond donors (Lipinski definition) is 3. The average Bonchev–Trinajstić information content (AvgIpc) is 3.05. The third-order valence-corrected chi connectivity index (χ3v) is 4.92. The summed E-state index contributed by atoms with van der Waals surface area (Å²) < 4.78 is 14.9. The zero-order valence-electron chi connectivity index (χ0n) is 14.5. The summed E-state index contributed by atoms with van der Waals surface area (Å²) in [6.07, 6.45) is 0. The molecule has 0 aliphatic rings. The molecule has 4 aromatic rings. The van der Waals surface area contributed by atoms with Crippen molar-refractivity contribution in [3.05, 3.63) is 71.0 Å². The minimum absolute atomic E-state index is 0.0737. The van der Waals surface area contributed by atoms with Crippen molar-refractivity contribution in [2.24, 2.45) is 5.73 Å². The molecule has 8 heteroatoms. The number of nitrogens with zero attached hydrogens (tertiary/aromatic N) is 2. The van der Waals surface area contributed by atoms with E-state index >= 15 is 0 Å². The first kappa shape index (κ1) is 18.0. The summed E-state index contributed by atoms with van der Waals surface area (Å²) in [4.78, 5) is 13.1. The van der Waals surface area contributed by atoms with E-state index in [1.54, 1.807) is 18.2 Å². The molecule has 28 heavy (non-hydrogen) atoms. The second kappa shape index (κ2) is 6.97. The van der Waals surface area contributed by atoms with Crippen LogP contribution < -0.4 is 16.4 Å². The molecule has 0 atom stereocenters. The van der Waals surface area contributed by atoms with Crippen LogP contribution in [0.3, 0.4) is 0 Å². The highest BCUT2D eigenvalue weighted by Crippen LogP contribution is 2.34. The maximum Gasteiger partial charge on any atom is 0.323 e. The molecule has 0 aliphatic heterocycles. The Bertz CT molecular complexity index is 1190. The largest absolute Gasteiger partial charge is 0.382 e. The van der Waals surface area contributed by atoms with Gasteiger partial charge in [0.1, 0.15) is 5.82 Å². The first-order chi connectivity index (χ1) is 13.5. The van der Waals surface area contributed by atoms with Crippen LogP contribution in [0.5, 0.6) is 0 Å². The van der Waals surface area contributed by atoms with E-state index in [4.69, 9.17) is 11.5 Å². The number of anilines is 3. The molecule has 4 rings (SSSR count). The van der Waals surface area contributed by atoms with Crippen LogP contribution in [0.4, 0.5) is 26.4 Å². The summed E-state index contributed by atoms with van der Waals surface area (Å²) in [5.74, 6) is -0.154. The number of nitrogens with two attached hydrogens (primary N) is 2. The fraction of sp³-hybridized carbons (Fsp3) is 0. The van der Waals surface area contributed by atoms with E-state index in [1.807, 2.05) is 30.3 Å². The fourth-order valence-electron chi connectivity index (χ4n) is 3.18. The molecule has 6 nitrogen and oxygen atoms in total. The fourth-order valence-corrected chi connectivity index (χ4v) is 3.51. The number of nitrogen functional groups attached to an aromatic ring is 1. The lowest BCUT2D eigenvalue weighted by atomic mass is 10.0. The first-order valence-corrected chi connectivity index (χ1v) is 9.12. The topological polar surface area (TPSA) is 101 Å². The van der Waals surface area contributed by atoms with Crippen LogP contribution >= 0.6 is 15.9 Å². The first-order valence-electron chi connectivity index (χ1n) is 8.33. The highest BCUT2D eigenvalue weighted by molar-refractivity contribution is 9.10. The number of amides is 2. The highest BCUT2D eigenvalue weighted by Gasteiger charge is 2.19. The summed E-state index contributed by atoms with van der Waals surface area (Å²) >= 11 is 3.20. The van der Waals surface area contributed by atoms with Crippen LogP contribution in [0.2, 0.25) is 0 Å². The Morgan fingerprint density at radius 2 is 1.86 bits per heavy atom. The van der Waals surface area contributed by atoms with Crippen molar-refractivity contribution < 1.29 is 9.18 Å². The Morgan fingerprint density at radius 3 is 2.54 bits per heavy atom. The van der Waals surface area contributed by atoms with Crippen molar-refractivity contribution in [1.29, 1.82) is 0 Å². The normalized spacial score (nSPS) is 10.9. The number of primary amides is 1. The Labute approximate surface area is 168 Å². The van der Waals surface area contributed by atoms with Gasteiger partial charge in [-0.25, -0.2) is 9.18 Å². The van der Waals surface area contributed by atoms with Crippen molar-refractivity contribution >= 4 is 50.1 Å². The quantitative estimate of drug-likeness (QED) is 0.421. The number of aromatic amines is 1. The van der Waals surface area contributed by atoms with Gasteiger partial charge in [0.25, 0.3) is 0 Å². The van der Waals surface area contributed by atoms with Crippen LogP contribution in [-0.2, 0) is 0 Å². The smallest absolute Gasteiger partial charge is 0.323 e. The molecule has 2 amide bonds. The van der Waals surface area contributed by atoms with Crippen LogP contribution in [0, 0.1) is 5.82 Å². The number of carbonyl (C=O) groups is 1. The maximum absolute atomic E-state index is 14.4. The van der Waals surface area contributed by atoms with Crippen LogP contribution in [0.1, 0.15) is 0 Å². The minimum Gasteiger partial charge on any atom is -0.382 e. The summed E-state index contributed by atoms with van der Waals surface area (Å²) in [5, 5.41) is 7.75. The lowest BCUT2D eigenvalue weighted by molar-refractivity contribution is 0.256. The number of benzene rings is 3. The Hall–Kier alpha value is -3.39. The van der Waals surface area contributed by atoms with Gasteiger partial charge in [-0.1, -0.05) is 40.2 Å². The summed E-state index contributed by atoms with van der Waals surface area (Å²) in [5.41, 5.74) is 14.6. The van der Waals surface area contributed by atoms with Gasteiger partial charge in [-0.05, 0) is 47.5 Å². The van der Waals surface area contributed by atoms with Crippen LogP contribution in [0.25, 0.3) is 22.0 Å². The molecule has 0 unspecified atom stereocenters. The van der Waals surface area contributed by atoms with Gasteiger partial charge in [0, 0.05) is 4.47 Å². The zero-order chi connectivity index (χ0) is 19.8. The van der Waals surface area contributed by atoms with Gasteiger partial charge in [-0.3, -0.25) is 10.00 Å². The Morgan fingerprint density at radius 1 is 1.11 bits per heavy atom. The number of nitrogens with one attached hydrogen (secondary N) is 1. The molecule has 5 N–H and O–H groups in total. The van der Waals surface area contributed by atoms with Gasteiger partial charge < -0.3 is 11.5 Å². The highest BCUT2D eigenvalue weighted by atomic mass is 79.9. The number of fused-ring (bicyclic) bond motifs is 1. The van der Waals surface area contributed by atoms with E-state index in [9.17, 15) is 9.18 Å². The number of halogens is 2. The monoisotopic (exact) mass is 439 g/mol. The molecule has 0 fully saturated rings. The molecule has 0 bridgehead atoms. The number of carbonyl (C=O) groups excluding carboxylic acids is 1. The number of H-pyrrole nitrogens is 1. The van der Waals surface area contributed by atoms with Gasteiger partial charge in [0.15, 0.2) is 5.82 Å². The van der Waals surface area contributed by atoms with Crippen molar-refractivity contribution in [1.82, 2.24) is 10.2 Å². The van der Waals surface area contributed by atoms with E-state index in [1.165, 1.54) is 12.1 Å². The molecule has 0 saturated heterocycles. The van der Waals surface area contributed by atoms with Crippen molar-refractivity contribution in [2.45, 2.75) is 0 Å². The molecule has 0 radical (unpaired) electrons. The van der Waals surface area contributed by atoms with Crippen LogP contribution in [0.15, 0.2) is 65.1 Å². The van der Waals surface area contributed by atoms with Crippen molar-refractivity contribution in [3.8, 4) is 11.1 Å². The van der Waals surface area contributed by atoms with E-state index in [0.29, 0.717) is 16.0 Å².